The molecular weight excluding hydrogens is 308 g/mol. The van der Waals surface area contributed by atoms with Crippen LogP contribution in [-0.2, 0) is 0 Å². The summed E-state index contributed by atoms with van der Waals surface area (Å²) in [4.78, 5) is 26.1. The predicted octanol–water partition coefficient (Wildman–Crippen LogP) is 2.64. The summed E-state index contributed by atoms with van der Waals surface area (Å²) in [7, 11) is 0. The quantitative estimate of drug-likeness (QED) is 0.934. The fourth-order valence-electron chi connectivity index (χ4n) is 2.91. The summed E-state index contributed by atoms with van der Waals surface area (Å²) in [6.45, 7) is 5.78. The Hall–Kier alpha value is -1.82. The van der Waals surface area contributed by atoms with Crippen LogP contribution >= 0.6 is 11.8 Å². The van der Waals surface area contributed by atoms with E-state index >= 15 is 0 Å². The van der Waals surface area contributed by atoms with Gasteiger partial charge >= 0.3 is 0 Å². The molecule has 122 valence electrons. The maximum atomic E-state index is 11.9. The normalized spacial score (nSPS) is 17.7. The second kappa shape index (κ2) is 6.74. The van der Waals surface area contributed by atoms with Crippen molar-refractivity contribution < 1.29 is 0 Å². The van der Waals surface area contributed by atoms with Crippen LogP contribution in [0.25, 0.3) is 11.4 Å². The zero-order valence-electron chi connectivity index (χ0n) is 13.8. The summed E-state index contributed by atoms with van der Waals surface area (Å²) < 4.78 is 0. The lowest BCUT2D eigenvalue weighted by molar-refractivity contribution is 0.671. The van der Waals surface area contributed by atoms with Crippen LogP contribution in [0.1, 0.15) is 17.7 Å². The van der Waals surface area contributed by atoms with Gasteiger partial charge in [-0.05, 0) is 50.3 Å². The lowest BCUT2D eigenvalue weighted by atomic mass is 10.2. The van der Waals surface area contributed by atoms with Crippen LogP contribution in [0.15, 0.2) is 23.1 Å². The number of thioether (sulfide) groups is 1. The molecule has 5 nitrogen and oxygen atoms in total. The monoisotopic (exact) mass is 330 g/mol. The van der Waals surface area contributed by atoms with Gasteiger partial charge in [0.05, 0.1) is 0 Å². The van der Waals surface area contributed by atoms with Gasteiger partial charge in [0.15, 0.2) is 0 Å². The highest BCUT2D eigenvalue weighted by molar-refractivity contribution is 7.98. The molecule has 0 unspecified atom stereocenters. The zero-order valence-corrected chi connectivity index (χ0v) is 14.6. The van der Waals surface area contributed by atoms with E-state index in [1.807, 2.05) is 30.8 Å². The number of rotatable bonds is 4. The maximum Gasteiger partial charge on any atom is 0.254 e. The Labute approximate surface area is 140 Å². The zero-order chi connectivity index (χ0) is 16.4. The van der Waals surface area contributed by atoms with Crippen LogP contribution in [0.2, 0.25) is 0 Å². The van der Waals surface area contributed by atoms with Crippen molar-refractivity contribution in [3.63, 3.8) is 0 Å². The molecule has 1 atom stereocenters. The molecule has 2 aromatic rings. The molecule has 3 heterocycles. The average molecular weight is 330 g/mol. The Balaban J connectivity index is 1.79. The molecule has 1 aliphatic heterocycles. The maximum absolute atomic E-state index is 11.9. The molecule has 1 N–H and O–H groups in total. The van der Waals surface area contributed by atoms with Gasteiger partial charge in [0.2, 0.25) is 0 Å². The Morgan fingerprint density at radius 3 is 2.87 bits per heavy atom. The Bertz CT molecular complexity index is 741. The van der Waals surface area contributed by atoms with Crippen molar-refractivity contribution in [1.82, 2.24) is 15.0 Å². The number of pyridine rings is 1. The number of nitrogens with one attached hydrogen (secondary N) is 1. The fraction of sp³-hybridized carbons (Fsp3) is 0.471. The first kappa shape index (κ1) is 16.1. The molecule has 0 spiro atoms. The third kappa shape index (κ3) is 3.42. The van der Waals surface area contributed by atoms with Crippen molar-refractivity contribution in [3.8, 4) is 11.4 Å². The van der Waals surface area contributed by atoms with E-state index in [1.54, 1.807) is 13.1 Å². The Kier molecular flexibility index (Phi) is 4.71. The number of aromatic nitrogens is 3. The van der Waals surface area contributed by atoms with E-state index in [0.29, 0.717) is 11.4 Å². The lowest BCUT2D eigenvalue weighted by Crippen LogP contribution is -2.21. The van der Waals surface area contributed by atoms with Crippen LogP contribution in [0, 0.1) is 19.8 Å². The minimum Gasteiger partial charge on any atom is -0.356 e. The minimum atomic E-state index is -0.0870. The summed E-state index contributed by atoms with van der Waals surface area (Å²) in [6.07, 6.45) is 5.19. The van der Waals surface area contributed by atoms with E-state index in [2.05, 4.69) is 26.1 Å². The van der Waals surface area contributed by atoms with Crippen molar-refractivity contribution in [2.24, 2.45) is 5.92 Å². The molecule has 0 amide bonds. The van der Waals surface area contributed by atoms with Crippen LogP contribution in [-0.4, -0.2) is 40.1 Å². The Morgan fingerprint density at radius 1 is 1.39 bits per heavy atom. The van der Waals surface area contributed by atoms with Gasteiger partial charge in [-0.2, -0.15) is 11.8 Å². The number of aryl methyl sites for hydroxylation is 1. The van der Waals surface area contributed by atoms with Crippen molar-refractivity contribution in [1.29, 1.82) is 0 Å². The molecular formula is C17H22N4OS. The summed E-state index contributed by atoms with van der Waals surface area (Å²) >= 11 is 1.91. The molecule has 0 saturated carbocycles. The molecule has 0 aliphatic carbocycles. The average Bonchev–Trinajstić information content (AvgIpc) is 3.01. The first-order chi connectivity index (χ1) is 11.1. The molecule has 1 saturated heterocycles. The summed E-state index contributed by atoms with van der Waals surface area (Å²) in [5.74, 6) is 3.55. The van der Waals surface area contributed by atoms with Crippen molar-refractivity contribution in [3.05, 3.63) is 39.9 Å². The van der Waals surface area contributed by atoms with Gasteiger partial charge in [-0.15, -0.1) is 0 Å². The second-order valence-corrected chi connectivity index (χ2v) is 7.00. The third-order valence-electron chi connectivity index (χ3n) is 4.43. The van der Waals surface area contributed by atoms with Crippen molar-refractivity contribution >= 4 is 17.6 Å². The fourth-order valence-corrected chi connectivity index (χ4v) is 3.65. The van der Waals surface area contributed by atoms with E-state index in [1.165, 1.54) is 12.2 Å². The summed E-state index contributed by atoms with van der Waals surface area (Å²) in [5, 5.41) is 0. The van der Waals surface area contributed by atoms with Crippen LogP contribution in [0.4, 0.5) is 5.82 Å². The third-order valence-corrected chi connectivity index (χ3v) is 5.23. The SMILES string of the molecule is CSC[C@H]1CCN(c2ccc(-c3nc(C)c(C)c(=O)[nH]3)cn2)C1. The molecule has 23 heavy (non-hydrogen) atoms. The van der Waals surface area contributed by atoms with Crippen LogP contribution in [0.3, 0.4) is 0 Å². The first-order valence-electron chi connectivity index (χ1n) is 7.86. The molecule has 6 heteroatoms. The number of hydrogen-bond donors (Lipinski definition) is 1. The van der Waals surface area contributed by atoms with Gasteiger partial charge in [-0.3, -0.25) is 4.79 Å². The van der Waals surface area contributed by atoms with Crippen molar-refractivity contribution in [2.75, 3.05) is 30.0 Å². The smallest absolute Gasteiger partial charge is 0.254 e. The largest absolute Gasteiger partial charge is 0.356 e. The highest BCUT2D eigenvalue weighted by Crippen LogP contribution is 2.25. The molecule has 1 aliphatic rings. The molecule has 0 aromatic carbocycles. The summed E-state index contributed by atoms with van der Waals surface area (Å²) in [6, 6.07) is 4.00. The number of hydrogen-bond acceptors (Lipinski definition) is 5. The molecule has 3 rings (SSSR count). The van der Waals surface area contributed by atoms with Gasteiger partial charge in [0.1, 0.15) is 11.6 Å². The van der Waals surface area contributed by atoms with Crippen LogP contribution < -0.4 is 10.5 Å². The predicted molar refractivity (Wildman–Crippen MR) is 96.3 cm³/mol. The molecule has 1 fully saturated rings. The van der Waals surface area contributed by atoms with Gasteiger partial charge < -0.3 is 9.88 Å². The first-order valence-corrected chi connectivity index (χ1v) is 9.25. The molecule has 0 radical (unpaired) electrons. The van der Waals surface area contributed by atoms with Gasteiger partial charge in [0.25, 0.3) is 5.56 Å². The topological polar surface area (TPSA) is 61.9 Å². The minimum absolute atomic E-state index is 0.0870. The van der Waals surface area contributed by atoms with E-state index in [0.717, 1.165) is 36.1 Å². The lowest BCUT2D eigenvalue weighted by Gasteiger charge is -2.17. The number of nitrogens with zero attached hydrogens (tertiary/aromatic N) is 3. The highest BCUT2D eigenvalue weighted by atomic mass is 32.2. The van der Waals surface area contributed by atoms with E-state index in [4.69, 9.17) is 0 Å². The van der Waals surface area contributed by atoms with Gasteiger partial charge in [-0.25, -0.2) is 9.97 Å². The number of aromatic amines is 1. The number of anilines is 1. The van der Waals surface area contributed by atoms with E-state index < -0.39 is 0 Å². The van der Waals surface area contributed by atoms with Crippen molar-refractivity contribution in [2.45, 2.75) is 20.3 Å². The summed E-state index contributed by atoms with van der Waals surface area (Å²) in [5.41, 5.74) is 2.17. The molecule has 2 aromatic heterocycles. The van der Waals surface area contributed by atoms with E-state index in [-0.39, 0.29) is 5.56 Å². The Morgan fingerprint density at radius 2 is 2.22 bits per heavy atom. The molecule has 0 bridgehead atoms. The van der Waals surface area contributed by atoms with E-state index in [9.17, 15) is 4.79 Å². The standard InChI is InChI=1S/C17H22N4OS/c1-11-12(2)19-16(20-17(11)22)14-4-5-15(18-8-14)21-7-6-13(9-21)10-23-3/h4-5,8,13H,6-7,9-10H2,1-3H3,(H,19,20,22)/t13-/m0/s1. The van der Waals surface area contributed by atoms with Gasteiger partial charge in [-0.1, -0.05) is 0 Å². The van der Waals surface area contributed by atoms with Gasteiger partial charge in [0, 0.05) is 36.1 Å². The second-order valence-electron chi connectivity index (χ2n) is 6.09. The van der Waals surface area contributed by atoms with Crippen LogP contribution in [0.5, 0.6) is 0 Å². The number of H-pyrrole nitrogens is 1. The highest BCUT2D eigenvalue weighted by Gasteiger charge is 2.22.